The Morgan fingerprint density at radius 3 is 2.89 bits per heavy atom. The van der Waals surface area contributed by atoms with Gasteiger partial charge in [0.2, 0.25) is 0 Å². The van der Waals surface area contributed by atoms with Crippen LogP contribution in [0, 0.1) is 0 Å². The lowest BCUT2D eigenvalue weighted by Crippen LogP contribution is -2.13. The summed E-state index contributed by atoms with van der Waals surface area (Å²) in [5.74, 6) is 0.267. The van der Waals surface area contributed by atoms with Gasteiger partial charge in [-0.25, -0.2) is 9.97 Å². The standard InChI is InChI=1S/C13H10N4O/c18-13(11-7-14-8-15-11)17-12-6-5-9-3-1-2-4-10(9)16-12/h1-8H,(H,14,15)(H,16,17,18). The number of benzene rings is 1. The fourth-order valence-corrected chi connectivity index (χ4v) is 1.70. The van der Waals surface area contributed by atoms with E-state index in [-0.39, 0.29) is 5.91 Å². The monoisotopic (exact) mass is 238 g/mol. The van der Waals surface area contributed by atoms with Crippen molar-refractivity contribution >= 4 is 22.6 Å². The zero-order valence-corrected chi connectivity index (χ0v) is 9.42. The molecule has 5 nitrogen and oxygen atoms in total. The summed E-state index contributed by atoms with van der Waals surface area (Å²) >= 11 is 0. The molecule has 1 amide bonds. The molecule has 0 aliphatic rings. The van der Waals surface area contributed by atoms with E-state index >= 15 is 0 Å². The first-order valence-electron chi connectivity index (χ1n) is 5.48. The molecule has 0 saturated heterocycles. The van der Waals surface area contributed by atoms with Gasteiger partial charge in [0.15, 0.2) is 0 Å². The third-order valence-electron chi connectivity index (χ3n) is 2.58. The van der Waals surface area contributed by atoms with Crippen LogP contribution in [0.4, 0.5) is 5.82 Å². The third kappa shape index (κ3) is 1.93. The summed E-state index contributed by atoms with van der Waals surface area (Å²) in [6.07, 6.45) is 2.93. The Bertz CT molecular complexity index is 691. The SMILES string of the molecule is O=C(Nc1ccc2ccccc2n1)c1cnc[nH]1. The van der Waals surface area contributed by atoms with E-state index in [1.807, 2.05) is 30.3 Å². The predicted molar refractivity (Wildman–Crippen MR) is 68.3 cm³/mol. The molecule has 0 aliphatic carbocycles. The zero-order chi connectivity index (χ0) is 12.4. The molecule has 2 heterocycles. The molecule has 18 heavy (non-hydrogen) atoms. The van der Waals surface area contributed by atoms with Gasteiger partial charge in [-0.15, -0.1) is 0 Å². The van der Waals surface area contributed by atoms with E-state index in [1.54, 1.807) is 6.07 Å². The molecule has 5 heteroatoms. The molecule has 1 aromatic carbocycles. The minimum Gasteiger partial charge on any atom is -0.341 e. The number of carbonyl (C=O) groups excluding carboxylic acids is 1. The zero-order valence-electron chi connectivity index (χ0n) is 9.42. The number of aromatic amines is 1. The average molecular weight is 238 g/mol. The number of nitrogens with one attached hydrogen (secondary N) is 2. The Labute approximate surface area is 103 Å². The fourth-order valence-electron chi connectivity index (χ4n) is 1.70. The molecule has 2 N–H and O–H groups in total. The van der Waals surface area contributed by atoms with E-state index in [2.05, 4.69) is 20.3 Å². The Balaban J connectivity index is 1.89. The van der Waals surface area contributed by atoms with Gasteiger partial charge in [0, 0.05) is 5.39 Å². The maximum Gasteiger partial charge on any atom is 0.274 e. The quantitative estimate of drug-likeness (QED) is 0.719. The molecule has 0 saturated carbocycles. The number of fused-ring (bicyclic) bond motifs is 1. The van der Waals surface area contributed by atoms with Gasteiger partial charge in [-0.05, 0) is 18.2 Å². The van der Waals surface area contributed by atoms with Crippen molar-refractivity contribution in [1.82, 2.24) is 15.0 Å². The molecule has 0 unspecified atom stereocenters. The summed E-state index contributed by atoms with van der Waals surface area (Å²) < 4.78 is 0. The molecule has 2 aromatic heterocycles. The van der Waals surface area contributed by atoms with E-state index in [4.69, 9.17) is 0 Å². The van der Waals surface area contributed by atoms with Crippen LogP contribution in [0.15, 0.2) is 48.9 Å². The number of amides is 1. The van der Waals surface area contributed by atoms with Crippen molar-refractivity contribution in [3.05, 3.63) is 54.6 Å². The molecule has 0 fully saturated rings. The molecule has 0 atom stereocenters. The smallest absolute Gasteiger partial charge is 0.274 e. The van der Waals surface area contributed by atoms with Crippen molar-refractivity contribution < 1.29 is 4.79 Å². The number of pyridine rings is 1. The topological polar surface area (TPSA) is 70.7 Å². The summed E-state index contributed by atoms with van der Waals surface area (Å²) in [4.78, 5) is 22.7. The fraction of sp³-hybridized carbons (Fsp3) is 0. The van der Waals surface area contributed by atoms with Gasteiger partial charge in [0.25, 0.3) is 5.91 Å². The van der Waals surface area contributed by atoms with Crippen molar-refractivity contribution in [2.45, 2.75) is 0 Å². The minimum absolute atomic E-state index is 0.254. The van der Waals surface area contributed by atoms with Gasteiger partial charge < -0.3 is 10.3 Å². The maximum absolute atomic E-state index is 11.8. The molecule has 0 spiro atoms. The van der Waals surface area contributed by atoms with E-state index in [0.29, 0.717) is 11.5 Å². The number of nitrogens with zero attached hydrogens (tertiary/aromatic N) is 2. The lowest BCUT2D eigenvalue weighted by molar-refractivity contribution is 0.102. The van der Waals surface area contributed by atoms with Crippen molar-refractivity contribution in [3.8, 4) is 0 Å². The highest BCUT2D eigenvalue weighted by molar-refractivity contribution is 6.02. The van der Waals surface area contributed by atoms with Crippen LogP contribution in [0.1, 0.15) is 10.5 Å². The van der Waals surface area contributed by atoms with Crippen LogP contribution >= 0.6 is 0 Å². The number of anilines is 1. The first-order chi connectivity index (χ1) is 8.83. The molecule has 3 rings (SSSR count). The highest BCUT2D eigenvalue weighted by atomic mass is 16.1. The number of hydrogen-bond acceptors (Lipinski definition) is 3. The molecule has 0 bridgehead atoms. The van der Waals surface area contributed by atoms with Gasteiger partial charge in [0.1, 0.15) is 11.5 Å². The van der Waals surface area contributed by atoms with E-state index in [1.165, 1.54) is 12.5 Å². The second-order valence-corrected chi connectivity index (χ2v) is 3.81. The number of aromatic nitrogens is 3. The van der Waals surface area contributed by atoms with Gasteiger partial charge >= 0.3 is 0 Å². The van der Waals surface area contributed by atoms with Gasteiger partial charge in [0.05, 0.1) is 18.0 Å². The minimum atomic E-state index is -0.254. The van der Waals surface area contributed by atoms with E-state index in [9.17, 15) is 4.79 Å². The number of carbonyl (C=O) groups is 1. The Kier molecular flexibility index (Phi) is 2.49. The van der Waals surface area contributed by atoms with Crippen LogP contribution in [0.5, 0.6) is 0 Å². The second-order valence-electron chi connectivity index (χ2n) is 3.81. The van der Waals surface area contributed by atoms with Crippen LogP contribution in [0.3, 0.4) is 0 Å². The number of imidazole rings is 1. The summed E-state index contributed by atoms with van der Waals surface area (Å²) in [5.41, 5.74) is 1.25. The van der Waals surface area contributed by atoms with Crippen LogP contribution < -0.4 is 5.32 Å². The number of para-hydroxylation sites is 1. The van der Waals surface area contributed by atoms with Gasteiger partial charge in [-0.1, -0.05) is 18.2 Å². The number of hydrogen-bond donors (Lipinski definition) is 2. The summed E-state index contributed by atoms with van der Waals surface area (Å²) in [5, 5.41) is 3.75. The Morgan fingerprint density at radius 2 is 2.06 bits per heavy atom. The second kappa shape index (κ2) is 4.29. The number of rotatable bonds is 2. The number of H-pyrrole nitrogens is 1. The van der Waals surface area contributed by atoms with Crippen LogP contribution in [0.25, 0.3) is 10.9 Å². The summed E-state index contributed by atoms with van der Waals surface area (Å²) in [6.45, 7) is 0. The van der Waals surface area contributed by atoms with Crippen LogP contribution in [-0.4, -0.2) is 20.9 Å². The first kappa shape index (κ1) is 10.5. The predicted octanol–water partition coefficient (Wildman–Crippen LogP) is 2.21. The summed E-state index contributed by atoms with van der Waals surface area (Å²) in [6, 6.07) is 11.4. The lowest BCUT2D eigenvalue weighted by atomic mass is 10.2. The average Bonchev–Trinajstić information content (AvgIpc) is 2.92. The third-order valence-corrected chi connectivity index (χ3v) is 2.58. The molecule has 0 radical (unpaired) electrons. The van der Waals surface area contributed by atoms with Crippen molar-refractivity contribution in [2.24, 2.45) is 0 Å². The molecule has 88 valence electrons. The maximum atomic E-state index is 11.8. The van der Waals surface area contributed by atoms with E-state index in [0.717, 1.165) is 10.9 Å². The van der Waals surface area contributed by atoms with Crippen LogP contribution in [-0.2, 0) is 0 Å². The van der Waals surface area contributed by atoms with Crippen LogP contribution in [0.2, 0.25) is 0 Å². The molecular formula is C13H10N4O. The van der Waals surface area contributed by atoms with Crippen molar-refractivity contribution in [1.29, 1.82) is 0 Å². The molecule has 3 aromatic rings. The van der Waals surface area contributed by atoms with Crippen molar-refractivity contribution in [3.63, 3.8) is 0 Å². The highest BCUT2D eigenvalue weighted by Crippen LogP contribution is 2.14. The first-order valence-corrected chi connectivity index (χ1v) is 5.48. The Morgan fingerprint density at radius 1 is 1.17 bits per heavy atom. The van der Waals surface area contributed by atoms with Gasteiger partial charge in [-0.2, -0.15) is 0 Å². The largest absolute Gasteiger partial charge is 0.341 e. The normalized spacial score (nSPS) is 10.4. The molecular weight excluding hydrogens is 228 g/mol. The lowest BCUT2D eigenvalue weighted by Gasteiger charge is -2.04. The van der Waals surface area contributed by atoms with Crippen molar-refractivity contribution in [2.75, 3.05) is 5.32 Å². The van der Waals surface area contributed by atoms with E-state index < -0.39 is 0 Å². The highest BCUT2D eigenvalue weighted by Gasteiger charge is 2.07. The Hall–Kier alpha value is -2.69. The molecule has 0 aliphatic heterocycles. The summed E-state index contributed by atoms with van der Waals surface area (Å²) in [7, 11) is 0. The van der Waals surface area contributed by atoms with Gasteiger partial charge in [-0.3, -0.25) is 4.79 Å².